The van der Waals surface area contributed by atoms with Crippen LogP contribution in [0.3, 0.4) is 0 Å². The number of hydrogen-bond donors (Lipinski definition) is 1. The molecule has 1 unspecified atom stereocenters. The van der Waals surface area contributed by atoms with Crippen LogP contribution in [-0.2, 0) is 9.84 Å². The fourth-order valence-corrected chi connectivity index (χ4v) is 4.70. The zero-order valence-electron chi connectivity index (χ0n) is 14.9. The number of methoxy groups -OCH3 is 2. The van der Waals surface area contributed by atoms with Crippen molar-refractivity contribution in [3.63, 3.8) is 0 Å². The lowest BCUT2D eigenvalue weighted by molar-refractivity contribution is 0.404. The molecule has 0 spiro atoms. The highest BCUT2D eigenvalue weighted by Gasteiger charge is 2.31. The zero-order chi connectivity index (χ0) is 18.9. The fourth-order valence-electron chi connectivity index (χ4n) is 3.00. The largest absolute Gasteiger partial charge is 0.497 e. The molecular formula is C17H21N3O5S. The first kappa shape index (κ1) is 18.2. The summed E-state index contributed by atoms with van der Waals surface area (Å²) >= 11 is 0. The lowest BCUT2D eigenvalue weighted by Crippen LogP contribution is -2.25. The highest BCUT2D eigenvalue weighted by atomic mass is 32.2. The molecule has 26 heavy (non-hydrogen) atoms. The SMILES string of the molecule is COc1ccc(OC)c(N=Cc2c(C)[nH]n(C3CCS(=O)(=O)C3)c2=O)c1. The van der Waals surface area contributed by atoms with Crippen molar-refractivity contribution < 1.29 is 17.9 Å². The molecule has 2 heterocycles. The summed E-state index contributed by atoms with van der Waals surface area (Å²) in [6.07, 6.45) is 1.90. The van der Waals surface area contributed by atoms with Crippen molar-refractivity contribution in [2.45, 2.75) is 19.4 Å². The maximum Gasteiger partial charge on any atom is 0.275 e. The number of H-pyrrole nitrogens is 1. The van der Waals surface area contributed by atoms with E-state index in [0.717, 1.165) is 0 Å². The molecular weight excluding hydrogens is 358 g/mol. The topological polar surface area (TPSA) is 103 Å². The van der Waals surface area contributed by atoms with Gasteiger partial charge in [-0.05, 0) is 25.5 Å². The molecule has 8 nitrogen and oxygen atoms in total. The van der Waals surface area contributed by atoms with Crippen molar-refractivity contribution in [2.75, 3.05) is 25.7 Å². The summed E-state index contributed by atoms with van der Waals surface area (Å²) < 4.78 is 35.2. The van der Waals surface area contributed by atoms with Crippen molar-refractivity contribution in [3.8, 4) is 11.5 Å². The highest BCUT2D eigenvalue weighted by Crippen LogP contribution is 2.31. The van der Waals surface area contributed by atoms with E-state index in [1.54, 1.807) is 32.2 Å². The Labute approximate surface area is 151 Å². The summed E-state index contributed by atoms with van der Waals surface area (Å²) in [6.45, 7) is 1.76. The minimum atomic E-state index is -3.08. The van der Waals surface area contributed by atoms with Gasteiger partial charge in [0.2, 0.25) is 0 Å². The van der Waals surface area contributed by atoms with Crippen molar-refractivity contribution in [3.05, 3.63) is 39.8 Å². The number of rotatable bonds is 5. The van der Waals surface area contributed by atoms with E-state index in [4.69, 9.17) is 9.47 Å². The Balaban J connectivity index is 1.94. The van der Waals surface area contributed by atoms with Crippen LogP contribution in [0, 0.1) is 6.92 Å². The molecule has 140 valence electrons. The van der Waals surface area contributed by atoms with E-state index in [9.17, 15) is 13.2 Å². The number of nitrogens with zero attached hydrogens (tertiary/aromatic N) is 2. The number of aryl methyl sites for hydroxylation is 1. The van der Waals surface area contributed by atoms with Gasteiger partial charge in [-0.1, -0.05) is 0 Å². The summed E-state index contributed by atoms with van der Waals surface area (Å²) in [5.41, 5.74) is 1.26. The second-order valence-electron chi connectivity index (χ2n) is 6.18. The molecule has 1 aliphatic heterocycles. The Hall–Kier alpha value is -2.55. The number of nitrogens with one attached hydrogen (secondary N) is 1. The smallest absolute Gasteiger partial charge is 0.275 e. The lowest BCUT2D eigenvalue weighted by atomic mass is 10.2. The molecule has 2 aromatic rings. The van der Waals surface area contributed by atoms with Gasteiger partial charge in [-0.15, -0.1) is 0 Å². The van der Waals surface area contributed by atoms with E-state index in [2.05, 4.69) is 10.1 Å². The van der Waals surface area contributed by atoms with Crippen LogP contribution in [0.15, 0.2) is 28.0 Å². The molecule has 0 bridgehead atoms. The van der Waals surface area contributed by atoms with Gasteiger partial charge < -0.3 is 9.47 Å². The summed E-state index contributed by atoms with van der Waals surface area (Å²) in [5.74, 6) is 1.26. The monoisotopic (exact) mass is 379 g/mol. The molecule has 0 radical (unpaired) electrons. The Morgan fingerprint density at radius 2 is 2.08 bits per heavy atom. The predicted molar refractivity (Wildman–Crippen MR) is 98.9 cm³/mol. The number of ether oxygens (including phenoxy) is 2. The van der Waals surface area contributed by atoms with Crippen LogP contribution >= 0.6 is 0 Å². The van der Waals surface area contributed by atoms with Gasteiger partial charge in [0.15, 0.2) is 9.84 Å². The molecule has 1 atom stereocenters. The van der Waals surface area contributed by atoms with E-state index < -0.39 is 9.84 Å². The van der Waals surface area contributed by atoms with E-state index in [1.807, 2.05) is 0 Å². The second-order valence-corrected chi connectivity index (χ2v) is 8.41. The average molecular weight is 379 g/mol. The van der Waals surface area contributed by atoms with Crippen molar-refractivity contribution in [1.29, 1.82) is 0 Å². The van der Waals surface area contributed by atoms with Crippen LogP contribution in [-0.4, -0.2) is 50.1 Å². The Morgan fingerprint density at radius 3 is 2.69 bits per heavy atom. The zero-order valence-corrected chi connectivity index (χ0v) is 15.7. The Kier molecular flexibility index (Phi) is 4.90. The summed E-state index contributed by atoms with van der Waals surface area (Å²) in [7, 11) is 0.0133. The van der Waals surface area contributed by atoms with Gasteiger partial charge in [0.05, 0.1) is 37.3 Å². The Morgan fingerprint density at radius 1 is 1.31 bits per heavy atom. The molecule has 0 amide bonds. The minimum absolute atomic E-state index is 0.0207. The van der Waals surface area contributed by atoms with E-state index in [0.29, 0.717) is 34.9 Å². The number of benzene rings is 1. The first-order valence-electron chi connectivity index (χ1n) is 8.12. The van der Waals surface area contributed by atoms with Gasteiger partial charge in [-0.2, -0.15) is 0 Å². The van der Waals surface area contributed by atoms with Crippen molar-refractivity contribution in [1.82, 2.24) is 9.78 Å². The van der Waals surface area contributed by atoms with E-state index in [1.165, 1.54) is 18.0 Å². The minimum Gasteiger partial charge on any atom is -0.497 e. The number of aromatic nitrogens is 2. The maximum absolute atomic E-state index is 12.7. The van der Waals surface area contributed by atoms with Crippen molar-refractivity contribution >= 4 is 21.7 Å². The summed E-state index contributed by atoms with van der Waals surface area (Å²) in [4.78, 5) is 17.0. The first-order valence-corrected chi connectivity index (χ1v) is 9.94. The summed E-state index contributed by atoms with van der Waals surface area (Å²) in [6, 6.07) is 4.84. The highest BCUT2D eigenvalue weighted by molar-refractivity contribution is 7.91. The third-order valence-corrected chi connectivity index (χ3v) is 6.18. The predicted octanol–water partition coefficient (Wildman–Crippen LogP) is 1.61. The van der Waals surface area contributed by atoms with Crippen LogP contribution < -0.4 is 15.0 Å². The van der Waals surface area contributed by atoms with Gasteiger partial charge >= 0.3 is 0 Å². The average Bonchev–Trinajstić information content (AvgIpc) is 3.11. The van der Waals surface area contributed by atoms with Crippen LogP contribution in [0.4, 0.5) is 5.69 Å². The number of aromatic amines is 1. The van der Waals surface area contributed by atoms with Gasteiger partial charge in [-0.3, -0.25) is 14.9 Å². The number of hydrogen-bond acceptors (Lipinski definition) is 6. The van der Waals surface area contributed by atoms with Crippen molar-refractivity contribution in [2.24, 2.45) is 4.99 Å². The molecule has 3 rings (SSSR count). The second kappa shape index (κ2) is 6.99. The molecule has 0 saturated carbocycles. The molecule has 1 aliphatic rings. The number of sulfone groups is 1. The molecule has 1 N–H and O–H groups in total. The molecule has 1 saturated heterocycles. The van der Waals surface area contributed by atoms with Gasteiger partial charge in [0, 0.05) is 18.0 Å². The lowest BCUT2D eigenvalue weighted by Gasteiger charge is -2.07. The van der Waals surface area contributed by atoms with E-state index in [-0.39, 0.29) is 23.1 Å². The standard InChI is InChI=1S/C17H21N3O5S/c1-11-14(9-18-15-8-13(24-2)4-5-16(15)25-3)17(21)20(19-11)12-6-7-26(22,23)10-12/h4-5,8-9,12,19H,6-7,10H2,1-3H3. The normalized spacial score (nSPS) is 19.1. The summed E-state index contributed by atoms with van der Waals surface area (Å²) in [5, 5.41) is 2.97. The molecule has 1 fully saturated rings. The molecule has 1 aromatic carbocycles. The molecule has 1 aromatic heterocycles. The van der Waals surface area contributed by atoms with E-state index >= 15 is 0 Å². The van der Waals surface area contributed by atoms with Gasteiger partial charge in [0.1, 0.15) is 17.2 Å². The molecule has 9 heteroatoms. The Bertz CT molecular complexity index is 1000. The van der Waals surface area contributed by atoms with Crippen LogP contribution in [0.2, 0.25) is 0 Å². The van der Waals surface area contributed by atoms with Crippen LogP contribution in [0.1, 0.15) is 23.7 Å². The van der Waals surface area contributed by atoms with Gasteiger partial charge in [-0.25, -0.2) is 13.1 Å². The molecule has 0 aliphatic carbocycles. The first-order chi connectivity index (χ1) is 12.3. The van der Waals surface area contributed by atoms with Gasteiger partial charge in [0.25, 0.3) is 5.56 Å². The van der Waals surface area contributed by atoms with Crippen LogP contribution in [0.5, 0.6) is 11.5 Å². The quantitative estimate of drug-likeness (QED) is 0.795. The number of aliphatic imine (C=N–C) groups is 1. The fraction of sp³-hybridized carbons (Fsp3) is 0.412. The van der Waals surface area contributed by atoms with Crippen LogP contribution in [0.25, 0.3) is 0 Å². The third-order valence-electron chi connectivity index (χ3n) is 4.43. The maximum atomic E-state index is 12.7. The third kappa shape index (κ3) is 3.52.